The van der Waals surface area contributed by atoms with Crippen molar-refractivity contribution in [2.75, 3.05) is 13.1 Å². The molecule has 1 heterocycles. The van der Waals surface area contributed by atoms with Crippen LogP contribution in [0, 0.1) is 12.3 Å². The average molecular weight is 236 g/mol. The topological polar surface area (TPSA) is 72.9 Å². The first-order chi connectivity index (χ1) is 8.06. The standard InChI is InChI=1S/C12H20N4O/c1-9-7-10(16(2)15-9)11(17)14-8-12(3-4-12)5-6-13/h7H,3-6,8,13H2,1-2H3,(H,14,17). The van der Waals surface area contributed by atoms with Gasteiger partial charge in [-0.05, 0) is 44.2 Å². The molecule has 5 heteroatoms. The first kappa shape index (κ1) is 12.1. The molecule has 1 aromatic rings. The van der Waals surface area contributed by atoms with Gasteiger partial charge in [-0.3, -0.25) is 9.48 Å². The molecule has 3 N–H and O–H groups in total. The number of carbonyl (C=O) groups is 1. The van der Waals surface area contributed by atoms with E-state index in [1.807, 2.05) is 6.92 Å². The van der Waals surface area contributed by atoms with Crippen molar-refractivity contribution < 1.29 is 4.79 Å². The molecule has 94 valence electrons. The summed E-state index contributed by atoms with van der Waals surface area (Å²) in [5, 5.41) is 7.15. The van der Waals surface area contributed by atoms with Gasteiger partial charge in [-0.2, -0.15) is 5.10 Å². The van der Waals surface area contributed by atoms with Gasteiger partial charge in [-0.1, -0.05) is 0 Å². The molecule has 1 saturated carbocycles. The molecule has 1 fully saturated rings. The third-order valence-corrected chi connectivity index (χ3v) is 3.49. The van der Waals surface area contributed by atoms with Gasteiger partial charge in [0.25, 0.3) is 5.91 Å². The molecule has 1 aliphatic carbocycles. The predicted octanol–water partition coefficient (Wildman–Crippen LogP) is 0.587. The molecule has 0 radical (unpaired) electrons. The van der Waals surface area contributed by atoms with Gasteiger partial charge in [0.1, 0.15) is 5.69 Å². The zero-order chi connectivity index (χ0) is 12.5. The van der Waals surface area contributed by atoms with Crippen LogP contribution in [0.15, 0.2) is 6.07 Å². The van der Waals surface area contributed by atoms with Crippen LogP contribution < -0.4 is 11.1 Å². The maximum Gasteiger partial charge on any atom is 0.269 e. The minimum Gasteiger partial charge on any atom is -0.350 e. The summed E-state index contributed by atoms with van der Waals surface area (Å²) in [5.41, 5.74) is 7.33. The Bertz CT molecular complexity index is 420. The average Bonchev–Trinajstić information content (AvgIpc) is 2.95. The highest BCUT2D eigenvalue weighted by Gasteiger charge is 2.41. The molecule has 0 aliphatic heterocycles. The highest BCUT2D eigenvalue weighted by atomic mass is 16.2. The number of nitrogens with two attached hydrogens (primary N) is 1. The third-order valence-electron chi connectivity index (χ3n) is 3.49. The number of nitrogens with one attached hydrogen (secondary N) is 1. The number of hydrogen-bond donors (Lipinski definition) is 2. The van der Waals surface area contributed by atoms with Crippen LogP contribution in [-0.2, 0) is 7.05 Å². The Morgan fingerprint density at radius 1 is 1.65 bits per heavy atom. The Morgan fingerprint density at radius 2 is 2.35 bits per heavy atom. The van der Waals surface area contributed by atoms with Crippen LogP contribution in [0.5, 0.6) is 0 Å². The molecule has 0 aromatic carbocycles. The van der Waals surface area contributed by atoms with Crippen LogP contribution >= 0.6 is 0 Å². The Kier molecular flexibility index (Phi) is 3.19. The summed E-state index contributed by atoms with van der Waals surface area (Å²) in [5.74, 6) is -0.0450. The van der Waals surface area contributed by atoms with Gasteiger partial charge >= 0.3 is 0 Å². The summed E-state index contributed by atoms with van der Waals surface area (Å²) in [6, 6.07) is 1.80. The van der Waals surface area contributed by atoms with E-state index in [-0.39, 0.29) is 11.3 Å². The fraction of sp³-hybridized carbons (Fsp3) is 0.667. The Labute approximate surface area is 101 Å². The molecular formula is C12H20N4O. The number of rotatable bonds is 5. The van der Waals surface area contributed by atoms with E-state index in [0.717, 1.165) is 18.7 Å². The Hall–Kier alpha value is -1.36. The van der Waals surface area contributed by atoms with Crippen LogP contribution in [0.1, 0.15) is 35.4 Å². The van der Waals surface area contributed by atoms with Gasteiger partial charge in [0.15, 0.2) is 0 Å². The monoisotopic (exact) mass is 236 g/mol. The summed E-state index contributed by atoms with van der Waals surface area (Å²) >= 11 is 0. The molecule has 1 aromatic heterocycles. The minimum absolute atomic E-state index is 0.0450. The molecule has 0 spiro atoms. The maximum absolute atomic E-state index is 12.0. The first-order valence-electron chi connectivity index (χ1n) is 6.05. The lowest BCUT2D eigenvalue weighted by Gasteiger charge is -2.14. The van der Waals surface area contributed by atoms with E-state index in [4.69, 9.17) is 5.73 Å². The van der Waals surface area contributed by atoms with Crippen molar-refractivity contribution in [3.05, 3.63) is 17.5 Å². The molecule has 1 amide bonds. The summed E-state index contributed by atoms with van der Waals surface area (Å²) in [6.07, 6.45) is 3.35. The molecule has 1 aliphatic rings. The normalized spacial score (nSPS) is 16.9. The van der Waals surface area contributed by atoms with Crippen molar-refractivity contribution in [3.63, 3.8) is 0 Å². The number of carbonyl (C=O) groups excluding carboxylic acids is 1. The van der Waals surface area contributed by atoms with Crippen LogP contribution in [0.2, 0.25) is 0 Å². The predicted molar refractivity (Wildman–Crippen MR) is 65.6 cm³/mol. The van der Waals surface area contributed by atoms with Crippen LogP contribution in [0.4, 0.5) is 0 Å². The van der Waals surface area contributed by atoms with E-state index < -0.39 is 0 Å². The van der Waals surface area contributed by atoms with E-state index in [1.165, 1.54) is 12.8 Å². The molecule has 5 nitrogen and oxygen atoms in total. The third kappa shape index (κ3) is 2.66. The van der Waals surface area contributed by atoms with E-state index in [0.29, 0.717) is 12.2 Å². The van der Waals surface area contributed by atoms with Gasteiger partial charge in [-0.25, -0.2) is 0 Å². The number of aryl methyl sites for hydroxylation is 2. The molecular weight excluding hydrogens is 216 g/mol. The molecule has 2 rings (SSSR count). The van der Waals surface area contributed by atoms with E-state index in [1.54, 1.807) is 17.8 Å². The molecule has 0 atom stereocenters. The fourth-order valence-corrected chi connectivity index (χ4v) is 2.18. The molecule has 0 saturated heterocycles. The first-order valence-corrected chi connectivity index (χ1v) is 6.05. The molecule has 17 heavy (non-hydrogen) atoms. The van der Waals surface area contributed by atoms with Crippen LogP contribution in [0.3, 0.4) is 0 Å². The van der Waals surface area contributed by atoms with E-state index in [2.05, 4.69) is 10.4 Å². The van der Waals surface area contributed by atoms with Gasteiger partial charge in [0.05, 0.1) is 5.69 Å². The lowest BCUT2D eigenvalue weighted by Crippen LogP contribution is -2.32. The maximum atomic E-state index is 12.0. The Morgan fingerprint density at radius 3 is 2.82 bits per heavy atom. The van der Waals surface area contributed by atoms with Crippen LogP contribution in [-0.4, -0.2) is 28.8 Å². The van der Waals surface area contributed by atoms with Crippen molar-refractivity contribution >= 4 is 5.91 Å². The Balaban J connectivity index is 1.92. The minimum atomic E-state index is -0.0450. The van der Waals surface area contributed by atoms with Gasteiger partial charge in [-0.15, -0.1) is 0 Å². The highest BCUT2D eigenvalue weighted by Crippen LogP contribution is 2.47. The van der Waals surface area contributed by atoms with Crippen LogP contribution in [0.25, 0.3) is 0 Å². The number of nitrogens with zero attached hydrogens (tertiary/aromatic N) is 2. The molecule has 0 unspecified atom stereocenters. The number of amides is 1. The quantitative estimate of drug-likeness (QED) is 0.785. The second-order valence-electron chi connectivity index (χ2n) is 5.02. The van der Waals surface area contributed by atoms with E-state index in [9.17, 15) is 4.79 Å². The van der Waals surface area contributed by atoms with Crippen molar-refractivity contribution in [1.29, 1.82) is 0 Å². The van der Waals surface area contributed by atoms with Crippen molar-refractivity contribution in [3.8, 4) is 0 Å². The van der Waals surface area contributed by atoms with Gasteiger partial charge in [0.2, 0.25) is 0 Å². The zero-order valence-electron chi connectivity index (χ0n) is 10.5. The fourth-order valence-electron chi connectivity index (χ4n) is 2.18. The smallest absolute Gasteiger partial charge is 0.269 e. The van der Waals surface area contributed by atoms with Crippen molar-refractivity contribution in [2.45, 2.75) is 26.2 Å². The van der Waals surface area contributed by atoms with Gasteiger partial charge in [0, 0.05) is 13.6 Å². The summed E-state index contributed by atoms with van der Waals surface area (Å²) in [4.78, 5) is 12.0. The summed E-state index contributed by atoms with van der Waals surface area (Å²) in [7, 11) is 1.79. The van der Waals surface area contributed by atoms with Crippen molar-refractivity contribution in [1.82, 2.24) is 15.1 Å². The number of aromatic nitrogens is 2. The van der Waals surface area contributed by atoms with E-state index >= 15 is 0 Å². The molecule has 0 bridgehead atoms. The highest BCUT2D eigenvalue weighted by molar-refractivity contribution is 5.92. The summed E-state index contributed by atoms with van der Waals surface area (Å²) < 4.78 is 1.62. The van der Waals surface area contributed by atoms with Gasteiger partial charge < -0.3 is 11.1 Å². The zero-order valence-corrected chi connectivity index (χ0v) is 10.5. The second kappa shape index (κ2) is 4.49. The second-order valence-corrected chi connectivity index (χ2v) is 5.02. The number of hydrogen-bond acceptors (Lipinski definition) is 3. The summed E-state index contributed by atoms with van der Waals surface area (Å²) in [6.45, 7) is 3.31. The largest absolute Gasteiger partial charge is 0.350 e. The SMILES string of the molecule is Cc1cc(C(=O)NCC2(CCN)CC2)n(C)n1. The lowest BCUT2D eigenvalue weighted by molar-refractivity contribution is 0.0934. The van der Waals surface area contributed by atoms with Crippen molar-refractivity contribution in [2.24, 2.45) is 18.2 Å². The lowest BCUT2D eigenvalue weighted by atomic mass is 10.0.